The molecule has 0 saturated carbocycles. The summed E-state index contributed by atoms with van der Waals surface area (Å²) in [5.41, 5.74) is 0.637. The van der Waals surface area contributed by atoms with Gasteiger partial charge in [0.25, 0.3) is 0 Å². The van der Waals surface area contributed by atoms with Crippen molar-refractivity contribution < 1.29 is 9.18 Å². The molecule has 16 heavy (non-hydrogen) atoms. The minimum Gasteiger partial charge on any atom is -0.337 e. The molecule has 0 bridgehead atoms. The smallest absolute Gasteiger partial charge is 0.224 e. The molecule has 5 heteroatoms. The molecule has 1 heterocycles. The van der Waals surface area contributed by atoms with Crippen molar-refractivity contribution >= 4 is 30.1 Å². The molecule has 86 valence electrons. The maximum Gasteiger partial charge on any atom is 0.224 e. The number of carbonyl (C=O) groups is 1. The summed E-state index contributed by atoms with van der Waals surface area (Å²) in [6.07, 6.45) is 0.441. The molecule has 0 spiro atoms. The third kappa shape index (κ3) is 2.50. The van der Waals surface area contributed by atoms with E-state index in [1.165, 1.54) is 18.2 Å². The van der Waals surface area contributed by atoms with Crippen molar-refractivity contribution in [1.29, 1.82) is 0 Å². The highest BCUT2D eigenvalue weighted by Crippen LogP contribution is 2.23. The normalized spacial score (nSPS) is 20.6. The van der Waals surface area contributed by atoms with Gasteiger partial charge >= 0.3 is 0 Å². The van der Waals surface area contributed by atoms with Gasteiger partial charge in [0.15, 0.2) is 0 Å². The molecule has 1 aromatic carbocycles. The van der Waals surface area contributed by atoms with Crippen LogP contribution in [0, 0.1) is 5.82 Å². The minimum absolute atomic E-state index is 0.0420. The Morgan fingerprint density at radius 3 is 2.94 bits per heavy atom. The van der Waals surface area contributed by atoms with Crippen LogP contribution >= 0.6 is 24.2 Å². The van der Waals surface area contributed by atoms with Crippen LogP contribution in [0.25, 0.3) is 0 Å². The van der Waals surface area contributed by atoms with E-state index in [0.717, 1.165) is 0 Å². The average molecular weight is 260 g/mol. The van der Waals surface area contributed by atoms with Crippen LogP contribution in [0.2, 0.25) is 5.02 Å². The van der Waals surface area contributed by atoms with Gasteiger partial charge in [0.2, 0.25) is 5.91 Å². The van der Waals surface area contributed by atoms with Gasteiger partial charge in [-0.25, -0.2) is 4.39 Å². The molecule has 1 aliphatic rings. The van der Waals surface area contributed by atoms with Crippen molar-refractivity contribution in [2.24, 2.45) is 0 Å². The molecule has 0 aliphatic carbocycles. The number of hydrogen-bond acceptors (Lipinski definition) is 2. The summed E-state index contributed by atoms with van der Waals surface area (Å²) in [5.74, 6) is -0.297. The fraction of sp³-hybridized carbons (Fsp3) is 0.364. The number of benzene rings is 1. The molecule has 1 amide bonds. The molecular formula is C11H11ClFNOS. The quantitative estimate of drug-likeness (QED) is 0.810. The number of thiol groups is 1. The lowest BCUT2D eigenvalue weighted by molar-refractivity contribution is -0.128. The van der Waals surface area contributed by atoms with Crippen LogP contribution in [0.5, 0.6) is 0 Å². The summed E-state index contributed by atoms with van der Waals surface area (Å²) >= 11 is 10.2. The zero-order valence-corrected chi connectivity index (χ0v) is 10.1. The Kier molecular flexibility index (Phi) is 3.40. The second-order valence-corrected chi connectivity index (χ2v) is 5.01. The maximum absolute atomic E-state index is 13.0. The Balaban J connectivity index is 2.15. The predicted molar refractivity (Wildman–Crippen MR) is 64.2 cm³/mol. The predicted octanol–water partition coefficient (Wildman–Crippen LogP) is 2.51. The van der Waals surface area contributed by atoms with Crippen LogP contribution < -0.4 is 0 Å². The monoisotopic (exact) mass is 259 g/mol. The van der Waals surface area contributed by atoms with Crippen LogP contribution in [0.15, 0.2) is 18.2 Å². The molecule has 1 aromatic rings. The fourth-order valence-electron chi connectivity index (χ4n) is 1.77. The molecule has 0 radical (unpaired) electrons. The van der Waals surface area contributed by atoms with E-state index < -0.39 is 0 Å². The third-order valence-corrected chi connectivity index (χ3v) is 3.28. The van der Waals surface area contributed by atoms with Crippen molar-refractivity contribution in [2.75, 3.05) is 6.54 Å². The fourth-order valence-corrected chi connectivity index (χ4v) is 2.30. The highest BCUT2D eigenvalue weighted by Gasteiger charge is 2.27. The molecule has 0 aromatic heterocycles. The number of likely N-dealkylation sites (tertiary alicyclic amines) is 1. The second kappa shape index (κ2) is 4.63. The molecule has 1 aliphatic heterocycles. The van der Waals surface area contributed by atoms with Crippen LogP contribution in [-0.4, -0.2) is 22.6 Å². The van der Waals surface area contributed by atoms with Gasteiger partial charge in [-0.3, -0.25) is 4.79 Å². The van der Waals surface area contributed by atoms with Crippen LogP contribution in [0.1, 0.15) is 12.0 Å². The SMILES string of the molecule is O=C1CC(S)CN1Cc1cc(F)ccc1Cl. The van der Waals surface area contributed by atoms with Gasteiger partial charge in [-0.15, -0.1) is 0 Å². The summed E-state index contributed by atoms with van der Waals surface area (Å²) in [7, 11) is 0. The molecule has 1 fully saturated rings. The van der Waals surface area contributed by atoms with Crippen molar-refractivity contribution in [3.8, 4) is 0 Å². The molecule has 2 rings (SSSR count). The van der Waals surface area contributed by atoms with E-state index in [0.29, 0.717) is 30.1 Å². The molecule has 1 atom stereocenters. The zero-order chi connectivity index (χ0) is 11.7. The number of carbonyl (C=O) groups excluding carboxylic acids is 1. The van der Waals surface area contributed by atoms with E-state index in [-0.39, 0.29) is 17.0 Å². The van der Waals surface area contributed by atoms with Crippen LogP contribution in [-0.2, 0) is 11.3 Å². The molecular weight excluding hydrogens is 249 g/mol. The number of nitrogens with zero attached hydrogens (tertiary/aromatic N) is 1. The summed E-state index contributed by atoms with van der Waals surface area (Å²) in [5, 5.41) is 0.552. The van der Waals surface area contributed by atoms with Crippen molar-refractivity contribution in [3.05, 3.63) is 34.6 Å². The number of amides is 1. The van der Waals surface area contributed by atoms with Gasteiger partial charge in [-0.1, -0.05) is 11.6 Å². The first-order valence-electron chi connectivity index (χ1n) is 4.96. The largest absolute Gasteiger partial charge is 0.337 e. The average Bonchev–Trinajstić information content (AvgIpc) is 2.51. The van der Waals surface area contributed by atoms with Crippen LogP contribution in [0.3, 0.4) is 0 Å². The first-order chi connectivity index (χ1) is 7.56. The lowest BCUT2D eigenvalue weighted by atomic mass is 10.2. The Hall–Kier alpha value is -0.740. The Morgan fingerprint density at radius 1 is 1.56 bits per heavy atom. The van der Waals surface area contributed by atoms with E-state index in [1.54, 1.807) is 4.90 Å². The molecule has 1 saturated heterocycles. The lowest BCUT2D eigenvalue weighted by Gasteiger charge is -2.16. The van der Waals surface area contributed by atoms with E-state index >= 15 is 0 Å². The Labute approximate surface area is 104 Å². The third-order valence-electron chi connectivity index (χ3n) is 2.56. The van der Waals surface area contributed by atoms with Gasteiger partial charge in [0.05, 0.1) is 0 Å². The minimum atomic E-state index is -0.339. The summed E-state index contributed by atoms with van der Waals surface area (Å²) in [6, 6.07) is 4.17. The Bertz CT molecular complexity index is 426. The first kappa shape index (κ1) is 11.7. The van der Waals surface area contributed by atoms with E-state index in [2.05, 4.69) is 12.6 Å². The van der Waals surface area contributed by atoms with Gasteiger partial charge in [-0.2, -0.15) is 12.6 Å². The molecule has 1 unspecified atom stereocenters. The number of rotatable bonds is 2. The number of halogens is 2. The summed E-state index contributed by atoms with van der Waals surface area (Å²) < 4.78 is 13.0. The van der Waals surface area contributed by atoms with Crippen molar-refractivity contribution in [3.63, 3.8) is 0 Å². The highest BCUT2D eigenvalue weighted by atomic mass is 35.5. The first-order valence-corrected chi connectivity index (χ1v) is 5.85. The van der Waals surface area contributed by atoms with Gasteiger partial charge in [-0.05, 0) is 23.8 Å². The van der Waals surface area contributed by atoms with Crippen LogP contribution in [0.4, 0.5) is 4.39 Å². The van der Waals surface area contributed by atoms with Crippen molar-refractivity contribution in [1.82, 2.24) is 4.90 Å². The molecule has 0 N–H and O–H groups in total. The maximum atomic E-state index is 13.0. The van der Waals surface area contributed by atoms with E-state index in [9.17, 15) is 9.18 Å². The standard InChI is InChI=1S/C11H11ClFNOS/c12-10-2-1-8(13)3-7(10)5-14-6-9(16)4-11(14)15/h1-3,9,16H,4-6H2. The van der Waals surface area contributed by atoms with Gasteiger partial charge in [0.1, 0.15) is 5.82 Å². The van der Waals surface area contributed by atoms with E-state index in [1.807, 2.05) is 0 Å². The lowest BCUT2D eigenvalue weighted by Crippen LogP contribution is -2.24. The van der Waals surface area contributed by atoms with Crippen molar-refractivity contribution in [2.45, 2.75) is 18.2 Å². The van der Waals surface area contributed by atoms with Gasteiger partial charge in [0, 0.05) is 29.8 Å². The second-order valence-electron chi connectivity index (χ2n) is 3.87. The highest BCUT2D eigenvalue weighted by molar-refractivity contribution is 7.81. The Morgan fingerprint density at radius 2 is 2.31 bits per heavy atom. The molecule has 2 nitrogen and oxygen atoms in total. The zero-order valence-electron chi connectivity index (χ0n) is 8.49. The topological polar surface area (TPSA) is 20.3 Å². The summed E-state index contributed by atoms with van der Waals surface area (Å²) in [6.45, 7) is 0.946. The van der Waals surface area contributed by atoms with E-state index in [4.69, 9.17) is 11.6 Å². The summed E-state index contributed by atoms with van der Waals surface area (Å²) in [4.78, 5) is 13.2. The van der Waals surface area contributed by atoms with Gasteiger partial charge < -0.3 is 4.90 Å². The number of hydrogen-bond donors (Lipinski definition) is 1.